The highest BCUT2D eigenvalue weighted by Crippen LogP contribution is 2.46. The molecule has 0 bridgehead atoms. The molecule has 11 aromatic rings. The van der Waals surface area contributed by atoms with Crippen molar-refractivity contribution in [3.05, 3.63) is 170 Å². The molecule has 9 aromatic carbocycles. The molecule has 11 rings (SSSR count). The van der Waals surface area contributed by atoms with Gasteiger partial charge in [-0.2, -0.15) is 0 Å². The van der Waals surface area contributed by atoms with Gasteiger partial charge in [0.1, 0.15) is 0 Å². The molecule has 0 radical (unpaired) electrons. The predicted octanol–water partition coefficient (Wildman–Crippen LogP) is 14.9. The van der Waals surface area contributed by atoms with Gasteiger partial charge in [0.15, 0.2) is 0 Å². The van der Waals surface area contributed by atoms with Gasteiger partial charge in [-0.15, -0.1) is 22.7 Å². The summed E-state index contributed by atoms with van der Waals surface area (Å²) in [5, 5.41) is 13.0. The molecular formula is C48H28S2. The highest BCUT2D eigenvalue weighted by atomic mass is 32.1. The smallest absolute Gasteiger partial charge is 0.0542 e. The molecule has 50 heavy (non-hydrogen) atoms. The lowest BCUT2D eigenvalue weighted by atomic mass is 9.94. The molecule has 2 heteroatoms. The fourth-order valence-electron chi connectivity index (χ4n) is 7.79. The monoisotopic (exact) mass is 668 g/mol. The number of rotatable bonds is 3. The summed E-state index contributed by atoms with van der Waals surface area (Å²) >= 11 is 3.87. The molecule has 2 heterocycles. The Morgan fingerprint density at radius 2 is 0.700 bits per heavy atom. The van der Waals surface area contributed by atoms with Gasteiger partial charge in [0, 0.05) is 20.2 Å². The van der Waals surface area contributed by atoms with Crippen LogP contribution in [-0.2, 0) is 0 Å². The third kappa shape index (κ3) is 4.43. The van der Waals surface area contributed by atoms with E-state index in [-0.39, 0.29) is 0 Å². The van der Waals surface area contributed by atoms with E-state index in [1.165, 1.54) is 106 Å². The van der Waals surface area contributed by atoms with E-state index in [0.717, 1.165) is 0 Å². The van der Waals surface area contributed by atoms with Crippen molar-refractivity contribution in [3.63, 3.8) is 0 Å². The van der Waals surface area contributed by atoms with Gasteiger partial charge in [0.25, 0.3) is 0 Å². The molecule has 0 N–H and O–H groups in total. The zero-order chi connectivity index (χ0) is 32.8. The minimum Gasteiger partial charge on any atom is -0.134 e. The number of benzene rings is 9. The first-order valence-electron chi connectivity index (χ1n) is 17.1. The zero-order valence-electron chi connectivity index (χ0n) is 27.0. The topological polar surface area (TPSA) is 0 Å². The van der Waals surface area contributed by atoms with E-state index >= 15 is 0 Å². The summed E-state index contributed by atoms with van der Waals surface area (Å²) in [6.07, 6.45) is 0. The highest BCUT2D eigenvalue weighted by Gasteiger charge is 2.14. The van der Waals surface area contributed by atoms with E-state index < -0.39 is 0 Å². The van der Waals surface area contributed by atoms with Crippen LogP contribution >= 0.6 is 22.7 Å². The van der Waals surface area contributed by atoms with Crippen molar-refractivity contribution in [2.75, 3.05) is 0 Å². The summed E-state index contributed by atoms with van der Waals surface area (Å²) in [6, 6.07) is 63.0. The summed E-state index contributed by atoms with van der Waals surface area (Å²) in [4.78, 5) is 0. The van der Waals surface area contributed by atoms with Crippen molar-refractivity contribution in [1.82, 2.24) is 0 Å². The maximum absolute atomic E-state index is 2.40. The van der Waals surface area contributed by atoms with Crippen LogP contribution in [0.25, 0.3) is 106 Å². The van der Waals surface area contributed by atoms with Crippen LogP contribution in [0.15, 0.2) is 170 Å². The van der Waals surface area contributed by atoms with Gasteiger partial charge < -0.3 is 0 Å². The van der Waals surface area contributed by atoms with Crippen molar-refractivity contribution < 1.29 is 0 Å². The molecule has 0 saturated carbocycles. The molecule has 0 unspecified atom stereocenters. The van der Waals surface area contributed by atoms with Gasteiger partial charge in [0.05, 0.1) is 9.40 Å². The fourth-order valence-corrected chi connectivity index (χ4v) is 10.5. The van der Waals surface area contributed by atoms with E-state index in [2.05, 4.69) is 170 Å². The second-order valence-corrected chi connectivity index (χ2v) is 15.5. The Labute approximate surface area is 297 Å². The number of fused-ring (bicyclic) bond motifs is 9. The van der Waals surface area contributed by atoms with E-state index in [4.69, 9.17) is 0 Å². The van der Waals surface area contributed by atoms with Gasteiger partial charge in [-0.1, -0.05) is 127 Å². The van der Waals surface area contributed by atoms with E-state index in [9.17, 15) is 0 Å². The van der Waals surface area contributed by atoms with Crippen molar-refractivity contribution in [1.29, 1.82) is 0 Å². The van der Waals surface area contributed by atoms with Crippen molar-refractivity contribution in [3.8, 4) is 33.4 Å². The Morgan fingerprint density at radius 1 is 0.260 bits per heavy atom. The maximum Gasteiger partial charge on any atom is 0.0542 e. The lowest BCUT2D eigenvalue weighted by Crippen LogP contribution is -1.84. The van der Waals surface area contributed by atoms with Crippen LogP contribution in [-0.4, -0.2) is 0 Å². The van der Waals surface area contributed by atoms with Gasteiger partial charge in [-0.05, 0) is 119 Å². The molecule has 0 nitrogen and oxygen atoms in total. The largest absolute Gasteiger partial charge is 0.134 e. The van der Waals surface area contributed by atoms with Gasteiger partial charge >= 0.3 is 0 Å². The Bertz CT molecular complexity index is 3130. The quantitative estimate of drug-likeness (QED) is 0.176. The van der Waals surface area contributed by atoms with Crippen LogP contribution in [0.4, 0.5) is 0 Å². The number of hydrogen-bond donors (Lipinski definition) is 0. The van der Waals surface area contributed by atoms with E-state index in [0.29, 0.717) is 0 Å². The standard InChI is InChI=1S/C48H28S2/c1-2-8-33-27-45-43(25-32(33)7-1)47-48(49-45)44-26-39-21-20-38(24-40(39)28-46(44)50-47)37-19-18-35-22-34(16-17-36(35)23-37)29-12-14-31(15-13-29)42-11-5-9-30-6-3-4-10-41(30)42/h1-28H. The van der Waals surface area contributed by atoms with Crippen LogP contribution in [0, 0.1) is 0 Å². The molecule has 0 spiro atoms. The summed E-state index contributed by atoms with van der Waals surface area (Å²) in [5.41, 5.74) is 7.49. The molecule has 0 atom stereocenters. The Morgan fingerprint density at radius 3 is 1.36 bits per heavy atom. The van der Waals surface area contributed by atoms with Gasteiger partial charge in [-0.3, -0.25) is 0 Å². The third-order valence-electron chi connectivity index (χ3n) is 10.4. The molecule has 0 amide bonds. The average Bonchev–Trinajstić information content (AvgIpc) is 3.70. The highest BCUT2D eigenvalue weighted by molar-refractivity contribution is 7.36. The maximum atomic E-state index is 2.40. The lowest BCUT2D eigenvalue weighted by molar-refractivity contribution is 1.62. The molecule has 232 valence electrons. The van der Waals surface area contributed by atoms with Gasteiger partial charge in [0.2, 0.25) is 0 Å². The van der Waals surface area contributed by atoms with E-state index in [1.807, 2.05) is 22.7 Å². The summed E-state index contributed by atoms with van der Waals surface area (Å²) in [5.74, 6) is 0. The number of thiophene rings is 2. The van der Waals surface area contributed by atoms with Crippen LogP contribution in [0.3, 0.4) is 0 Å². The molecule has 0 aliphatic carbocycles. The molecule has 0 aliphatic rings. The third-order valence-corrected chi connectivity index (χ3v) is 12.9. The Balaban J connectivity index is 0.923. The Kier molecular flexibility index (Phi) is 6.09. The van der Waals surface area contributed by atoms with Crippen molar-refractivity contribution >= 4 is 95.3 Å². The molecule has 0 fully saturated rings. The van der Waals surface area contributed by atoms with Crippen molar-refractivity contribution in [2.45, 2.75) is 0 Å². The number of hydrogen-bond acceptors (Lipinski definition) is 2. The Hall–Kier alpha value is -5.80. The van der Waals surface area contributed by atoms with Crippen molar-refractivity contribution in [2.24, 2.45) is 0 Å². The molecule has 0 aliphatic heterocycles. The summed E-state index contributed by atoms with van der Waals surface area (Å²) in [6.45, 7) is 0. The summed E-state index contributed by atoms with van der Waals surface area (Å²) < 4.78 is 5.56. The van der Waals surface area contributed by atoms with Crippen LogP contribution in [0.2, 0.25) is 0 Å². The first-order chi connectivity index (χ1) is 24.7. The SMILES string of the molecule is c1ccc2cc3c(cc2c1)sc1c2cc4ccc(-c5ccc6cc(-c7ccc(-c8cccc9ccccc89)cc7)ccc6c5)cc4cc2sc31. The fraction of sp³-hybridized carbons (Fsp3) is 0. The predicted molar refractivity (Wildman–Crippen MR) is 221 cm³/mol. The minimum absolute atomic E-state index is 1.23. The first kappa shape index (κ1) is 28.1. The first-order valence-corrected chi connectivity index (χ1v) is 18.7. The second kappa shape index (κ2) is 10.9. The second-order valence-electron chi connectivity index (χ2n) is 13.3. The zero-order valence-corrected chi connectivity index (χ0v) is 28.6. The van der Waals surface area contributed by atoms with Gasteiger partial charge in [-0.25, -0.2) is 0 Å². The normalized spacial score (nSPS) is 12.0. The van der Waals surface area contributed by atoms with Crippen LogP contribution in [0.5, 0.6) is 0 Å². The van der Waals surface area contributed by atoms with Crippen LogP contribution < -0.4 is 0 Å². The molecule has 2 aromatic heterocycles. The molecule has 0 saturated heterocycles. The van der Waals surface area contributed by atoms with E-state index in [1.54, 1.807) is 0 Å². The lowest BCUT2D eigenvalue weighted by Gasteiger charge is -2.10. The van der Waals surface area contributed by atoms with Crippen LogP contribution in [0.1, 0.15) is 0 Å². The average molecular weight is 669 g/mol. The summed E-state index contributed by atoms with van der Waals surface area (Å²) in [7, 11) is 0. The minimum atomic E-state index is 1.23. The molecular weight excluding hydrogens is 641 g/mol.